The van der Waals surface area contributed by atoms with E-state index >= 15 is 4.79 Å². The smallest absolute Gasteiger partial charge is 0.303 e. The van der Waals surface area contributed by atoms with Gasteiger partial charge in [-0.3, -0.25) is 28.9 Å². The lowest BCUT2D eigenvalue weighted by atomic mass is 9.49. The molecule has 264 valence electrons. The minimum Gasteiger partial charge on any atom is -0.504 e. The van der Waals surface area contributed by atoms with Gasteiger partial charge in [0, 0.05) is 29.5 Å². The van der Waals surface area contributed by atoms with Crippen molar-refractivity contribution in [1.29, 1.82) is 0 Å². The quantitative estimate of drug-likeness (QED) is 0.135. The van der Waals surface area contributed by atoms with Crippen molar-refractivity contribution in [3.05, 3.63) is 101 Å². The Bertz CT molecular complexity index is 1950. The summed E-state index contributed by atoms with van der Waals surface area (Å²) < 4.78 is 5.80. The molecular weight excluding hydrogens is 672 g/mol. The number of aromatic hydroxyl groups is 1. The van der Waals surface area contributed by atoms with Crippen molar-refractivity contribution in [2.24, 2.45) is 23.7 Å². The van der Waals surface area contributed by atoms with Crippen LogP contribution in [-0.2, 0) is 29.4 Å². The third-order valence-corrected chi connectivity index (χ3v) is 11.4. The highest BCUT2D eigenvalue weighted by Crippen LogP contribution is 2.65. The van der Waals surface area contributed by atoms with E-state index in [1.807, 2.05) is 36.4 Å². The molecular formula is C40H39ClN2O8. The van der Waals surface area contributed by atoms with Crippen molar-refractivity contribution >= 4 is 46.9 Å². The number of rotatable bonds is 11. The average molecular weight is 711 g/mol. The number of imide groups is 2. The van der Waals surface area contributed by atoms with E-state index in [2.05, 4.69) is 0 Å². The standard InChI is InChI=1S/C40H39ClN2O8/c1-2-51-31-16-10-15-28(35(31)46)34-26-18-19-27-33(38(49)42(36(27)47)20-8-4-7-17-32(44)45)29(26)22-30-37(48)43(25-14-9-13-24(41)21-25)39(50)40(30,34)23-11-5-3-6-12-23/h3,5-6,9-16,18,21,27,29-30,33-34,46H,2,4,7-8,17,19-20,22H2,1H3,(H,44,45). The van der Waals surface area contributed by atoms with E-state index < -0.39 is 52.8 Å². The number of carboxylic acids is 1. The van der Waals surface area contributed by atoms with E-state index in [-0.39, 0.29) is 55.7 Å². The summed E-state index contributed by atoms with van der Waals surface area (Å²) in [5.74, 6) is -6.11. The van der Waals surface area contributed by atoms with Crippen molar-refractivity contribution < 1.29 is 38.9 Å². The van der Waals surface area contributed by atoms with Gasteiger partial charge in [0.15, 0.2) is 11.5 Å². The van der Waals surface area contributed by atoms with Gasteiger partial charge in [-0.15, -0.1) is 0 Å². The van der Waals surface area contributed by atoms with Crippen LogP contribution in [0.4, 0.5) is 5.69 Å². The number of para-hydroxylation sites is 1. The van der Waals surface area contributed by atoms with Crippen molar-refractivity contribution in [3.63, 3.8) is 0 Å². The Labute approximate surface area is 300 Å². The van der Waals surface area contributed by atoms with E-state index in [4.69, 9.17) is 21.4 Å². The summed E-state index contributed by atoms with van der Waals surface area (Å²) in [6.07, 6.45) is 3.85. The predicted octanol–water partition coefficient (Wildman–Crippen LogP) is 6.25. The first-order valence-electron chi connectivity index (χ1n) is 17.5. The molecule has 6 atom stereocenters. The van der Waals surface area contributed by atoms with Crippen LogP contribution in [0.1, 0.15) is 62.5 Å². The molecule has 6 unspecified atom stereocenters. The molecule has 0 aromatic heterocycles. The van der Waals surface area contributed by atoms with E-state index in [1.54, 1.807) is 49.4 Å². The van der Waals surface area contributed by atoms with Crippen LogP contribution in [-0.4, -0.2) is 57.9 Å². The number of amides is 4. The summed E-state index contributed by atoms with van der Waals surface area (Å²) in [5.41, 5.74) is 0.532. The minimum atomic E-state index is -1.52. The van der Waals surface area contributed by atoms with Gasteiger partial charge in [-0.1, -0.05) is 78.2 Å². The van der Waals surface area contributed by atoms with Gasteiger partial charge < -0.3 is 14.9 Å². The van der Waals surface area contributed by atoms with Gasteiger partial charge in [-0.05, 0) is 68.4 Å². The second-order valence-corrected chi connectivity index (χ2v) is 14.2. The van der Waals surface area contributed by atoms with Crippen LogP contribution < -0.4 is 9.64 Å². The lowest BCUT2D eigenvalue weighted by Gasteiger charge is -2.50. The second kappa shape index (κ2) is 13.6. The molecule has 2 N–H and O–H groups in total. The predicted molar refractivity (Wildman–Crippen MR) is 188 cm³/mol. The molecule has 11 heteroatoms. The zero-order valence-corrected chi connectivity index (χ0v) is 28.9. The molecule has 2 saturated heterocycles. The summed E-state index contributed by atoms with van der Waals surface area (Å²) in [6, 6.07) is 20.8. The second-order valence-electron chi connectivity index (χ2n) is 13.8. The molecule has 2 heterocycles. The fourth-order valence-corrected chi connectivity index (χ4v) is 9.33. The Morgan fingerprint density at radius 2 is 1.69 bits per heavy atom. The Morgan fingerprint density at radius 3 is 2.41 bits per heavy atom. The fourth-order valence-electron chi connectivity index (χ4n) is 9.14. The molecule has 4 amide bonds. The van der Waals surface area contributed by atoms with Crippen molar-refractivity contribution in [3.8, 4) is 11.5 Å². The van der Waals surface area contributed by atoms with E-state index in [0.29, 0.717) is 41.1 Å². The van der Waals surface area contributed by atoms with Crippen LogP contribution in [0, 0.1) is 23.7 Å². The average Bonchev–Trinajstić information content (AvgIpc) is 3.50. The summed E-state index contributed by atoms with van der Waals surface area (Å²) >= 11 is 6.38. The summed E-state index contributed by atoms with van der Waals surface area (Å²) in [5, 5.41) is 21.2. The van der Waals surface area contributed by atoms with Gasteiger partial charge in [0.05, 0.1) is 35.5 Å². The van der Waals surface area contributed by atoms with Gasteiger partial charge in [0.2, 0.25) is 23.6 Å². The molecule has 1 saturated carbocycles. The zero-order chi connectivity index (χ0) is 36.0. The number of ether oxygens (including phenoxy) is 1. The van der Waals surface area contributed by atoms with E-state index in [0.717, 1.165) is 5.57 Å². The maximum absolute atomic E-state index is 15.3. The zero-order valence-electron chi connectivity index (χ0n) is 28.2. The van der Waals surface area contributed by atoms with Crippen LogP contribution in [0.2, 0.25) is 5.02 Å². The van der Waals surface area contributed by atoms with Crippen molar-refractivity contribution in [2.45, 2.75) is 56.8 Å². The van der Waals surface area contributed by atoms with Gasteiger partial charge in [0.25, 0.3) is 0 Å². The number of aliphatic carboxylic acids is 1. The number of halogens is 1. The van der Waals surface area contributed by atoms with Crippen LogP contribution in [0.5, 0.6) is 11.5 Å². The van der Waals surface area contributed by atoms with Crippen molar-refractivity contribution in [1.82, 2.24) is 4.90 Å². The number of carbonyl (C=O) groups excluding carboxylic acids is 4. The largest absolute Gasteiger partial charge is 0.504 e. The van der Waals surface area contributed by atoms with Gasteiger partial charge in [-0.25, -0.2) is 4.90 Å². The normalized spacial score (nSPS) is 26.9. The monoisotopic (exact) mass is 710 g/mol. The van der Waals surface area contributed by atoms with Crippen LogP contribution >= 0.6 is 11.6 Å². The van der Waals surface area contributed by atoms with Gasteiger partial charge >= 0.3 is 5.97 Å². The Morgan fingerprint density at radius 1 is 0.922 bits per heavy atom. The highest BCUT2D eigenvalue weighted by molar-refractivity contribution is 6.32. The Balaban J connectivity index is 1.39. The van der Waals surface area contributed by atoms with E-state index in [9.17, 15) is 24.3 Å². The summed E-state index contributed by atoms with van der Waals surface area (Å²) in [6.45, 7) is 2.27. The molecule has 0 radical (unpaired) electrons. The van der Waals surface area contributed by atoms with E-state index in [1.165, 1.54) is 9.80 Å². The first-order valence-corrected chi connectivity index (χ1v) is 17.9. The number of phenols is 1. The van der Waals surface area contributed by atoms with Gasteiger partial charge in [-0.2, -0.15) is 0 Å². The van der Waals surface area contributed by atoms with Crippen LogP contribution in [0.15, 0.2) is 84.4 Å². The number of carbonyl (C=O) groups is 5. The van der Waals surface area contributed by atoms with Crippen molar-refractivity contribution in [2.75, 3.05) is 18.1 Å². The highest BCUT2D eigenvalue weighted by Gasteiger charge is 2.70. The highest BCUT2D eigenvalue weighted by atomic mass is 35.5. The Kier molecular flexibility index (Phi) is 9.22. The first kappa shape index (κ1) is 34.5. The number of fused-ring (bicyclic) bond motifs is 4. The SMILES string of the molecule is CCOc1cccc(C2C3=CCC4C(=O)N(CCCCCC(=O)O)C(=O)C4C3CC3C(=O)N(c4cccc(Cl)c4)C(=O)C32c2ccccc2)c1O. The lowest BCUT2D eigenvalue weighted by Crippen LogP contribution is -2.53. The number of hydrogen-bond donors (Lipinski definition) is 2. The third-order valence-electron chi connectivity index (χ3n) is 11.2. The molecule has 7 rings (SSSR count). The molecule has 2 aliphatic carbocycles. The number of nitrogens with zero attached hydrogens (tertiary/aromatic N) is 2. The molecule has 3 aromatic rings. The Hall–Kier alpha value is -4.96. The molecule has 2 aliphatic heterocycles. The molecule has 0 spiro atoms. The number of carboxylic acid groups (broad SMARTS) is 1. The maximum Gasteiger partial charge on any atom is 0.303 e. The number of allylic oxidation sites excluding steroid dienone is 2. The number of hydrogen-bond acceptors (Lipinski definition) is 7. The first-order chi connectivity index (χ1) is 24.6. The van der Waals surface area contributed by atoms with Crippen LogP contribution in [0.3, 0.4) is 0 Å². The maximum atomic E-state index is 15.3. The molecule has 3 aromatic carbocycles. The summed E-state index contributed by atoms with van der Waals surface area (Å²) in [4.78, 5) is 71.7. The minimum absolute atomic E-state index is 0.0186. The fraction of sp³-hybridized carbons (Fsp3) is 0.375. The number of phenolic OH excluding ortho intramolecular Hbond substituents is 1. The third kappa shape index (κ3) is 5.51. The summed E-state index contributed by atoms with van der Waals surface area (Å²) in [7, 11) is 0. The molecule has 3 fully saturated rings. The van der Waals surface area contributed by atoms with Gasteiger partial charge in [0.1, 0.15) is 0 Å². The molecule has 4 aliphatic rings. The topological polar surface area (TPSA) is 142 Å². The van der Waals surface area contributed by atoms with Crippen LogP contribution in [0.25, 0.3) is 0 Å². The number of anilines is 1. The molecule has 51 heavy (non-hydrogen) atoms. The number of unbranched alkanes of at least 4 members (excludes halogenated alkanes) is 2. The number of likely N-dealkylation sites (tertiary alicyclic amines) is 1. The lowest BCUT2D eigenvalue weighted by molar-refractivity contribution is -0.141. The molecule has 0 bridgehead atoms. The number of benzene rings is 3. The molecule has 10 nitrogen and oxygen atoms in total.